The van der Waals surface area contributed by atoms with Gasteiger partial charge in [-0.05, 0) is 50.2 Å². The van der Waals surface area contributed by atoms with E-state index in [4.69, 9.17) is 11.6 Å². The summed E-state index contributed by atoms with van der Waals surface area (Å²) < 4.78 is 0. The van der Waals surface area contributed by atoms with Gasteiger partial charge >= 0.3 is 0 Å². The lowest BCUT2D eigenvalue weighted by molar-refractivity contribution is -0.122. The summed E-state index contributed by atoms with van der Waals surface area (Å²) in [4.78, 5) is 18.6. The molecule has 0 spiro atoms. The van der Waals surface area contributed by atoms with Gasteiger partial charge < -0.3 is 10.6 Å². The lowest BCUT2D eigenvalue weighted by Crippen LogP contribution is -2.39. The Morgan fingerprint density at radius 3 is 2.64 bits per heavy atom. The topological polar surface area (TPSA) is 57.3 Å². The molecule has 2 rings (SSSR count). The van der Waals surface area contributed by atoms with Crippen LogP contribution in [0, 0.1) is 0 Å². The van der Waals surface area contributed by atoms with Crippen LogP contribution >= 0.6 is 11.6 Å². The standard InChI is InChI=1S/C19H27ClN4O/c1-3-11-24(12-4-2)14-19(25)23-10-9-22-17-7-8-21-18-13-15(20)5-6-16(17)18/h5-8,13H,3-4,9-12,14H2,1-2H3,(H,21,22)(H,23,25). The van der Waals surface area contributed by atoms with Gasteiger partial charge in [-0.15, -0.1) is 0 Å². The highest BCUT2D eigenvalue weighted by Gasteiger charge is 2.08. The molecule has 0 saturated carbocycles. The first-order valence-corrected chi connectivity index (χ1v) is 9.29. The van der Waals surface area contributed by atoms with E-state index in [1.165, 1.54) is 0 Å². The maximum absolute atomic E-state index is 12.1. The summed E-state index contributed by atoms with van der Waals surface area (Å²) in [5.74, 6) is 0.0788. The molecular weight excluding hydrogens is 336 g/mol. The third kappa shape index (κ3) is 6.18. The summed E-state index contributed by atoms with van der Waals surface area (Å²) in [6.45, 7) is 7.92. The number of benzene rings is 1. The average molecular weight is 363 g/mol. The normalized spacial score (nSPS) is 11.0. The van der Waals surface area contributed by atoms with Crippen molar-refractivity contribution in [2.24, 2.45) is 0 Å². The predicted molar refractivity (Wildman–Crippen MR) is 105 cm³/mol. The molecule has 2 aromatic rings. The number of anilines is 1. The van der Waals surface area contributed by atoms with Crippen molar-refractivity contribution < 1.29 is 4.79 Å². The van der Waals surface area contributed by atoms with Crippen LogP contribution in [0.3, 0.4) is 0 Å². The van der Waals surface area contributed by atoms with Crippen LogP contribution in [-0.2, 0) is 4.79 Å². The molecule has 1 amide bonds. The van der Waals surface area contributed by atoms with Crippen LogP contribution in [0.15, 0.2) is 30.5 Å². The van der Waals surface area contributed by atoms with E-state index in [9.17, 15) is 4.79 Å². The van der Waals surface area contributed by atoms with Crippen molar-refractivity contribution in [2.75, 3.05) is 38.0 Å². The van der Waals surface area contributed by atoms with E-state index >= 15 is 0 Å². The van der Waals surface area contributed by atoms with E-state index in [1.54, 1.807) is 6.20 Å². The molecule has 1 heterocycles. The van der Waals surface area contributed by atoms with Gasteiger partial charge in [-0.3, -0.25) is 14.7 Å². The molecule has 1 aromatic carbocycles. The molecule has 0 fully saturated rings. The average Bonchev–Trinajstić information content (AvgIpc) is 2.59. The Bertz CT molecular complexity index is 686. The number of nitrogens with zero attached hydrogens (tertiary/aromatic N) is 2. The van der Waals surface area contributed by atoms with Gasteiger partial charge in [0.25, 0.3) is 0 Å². The Kier molecular flexibility index (Phi) is 7.95. The second kappa shape index (κ2) is 10.2. The summed E-state index contributed by atoms with van der Waals surface area (Å²) in [5, 5.41) is 8.03. The predicted octanol–water partition coefficient (Wildman–Crippen LogP) is 3.54. The largest absolute Gasteiger partial charge is 0.383 e. The van der Waals surface area contributed by atoms with Crippen molar-refractivity contribution in [3.8, 4) is 0 Å². The van der Waals surface area contributed by atoms with Gasteiger partial charge in [0.15, 0.2) is 0 Å². The van der Waals surface area contributed by atoms with E-state index < -0.39 is 0 Å². The van der Waals surface area contributed by atoms with Gasteiger partial charge in [-0.25, -0.2) is 0 Å². The molecule has 0 bridgehead atoms. The summed E-state index contributed by atoms with van der Waals surface area (Å²) in [6, 6.07) is 7.59. The summed E-state index contributed by atoms with van der Waals surface area (Å²) in [6.07, 6.45) is 3.88. The number of carbonyl (C=O) groups excluding carboxylic acids is 1. The highest BCUT2D eigenvalue weighted by Crippen LogP contribution is 2.23. The van der Waals surface area contributed by atoms with Crippen molar-refractivity contribution >= 4 is 34.1 Å². The zero-order chi connectivity index (χ0) is 18.1. The van der Waals surface area contributed by atoms with E-state index in [0.29, 0.717) is 24.7 Å². The number of fused-ring (bicyclic) bond motifs is 1. The van der Waals surface area contributed by atoms with Gasteiger partial charge in [0.2, 0.25) is 5.91 Å². The number of hydrogen-bond acceptors (Lipinski definition) is 4. The van der Waals surface area contributed by atoms with E-state index in [0.717, 1.165) is 42.5 Å². The van der Waals surface area contributed by atoms with Crippen molar-refractivity contribution in [1.29, 1.82) is 0 Å². The van der Waals surface area contributed by atoms with Crippen LogP contribution in [0.4, 0.5) is 5.69 Å². The number of carbonyl (C=O) groups is 1. The Labute approximate surface area is 154 Å². The van der Waals surface area contributed by atoms with Crippen LogP contribution in [0.2, 0.25) is 5.02 Å². The molecule has 0 radical (unpaired) electrons. The summed E-state index contributed by atoms with van der Waals surface area (Å²) in [7, 11) is 0. The van der Waals surface area contributed by atoms with E-state index in [1.807, 2.05) is 24.3 Å². The zero-order valence-electron chi connectivity index (χ0n) is 15.0. The second-order valence-corrected chi connectivity index (χ2v) is 6.51. The van der Waals surface area contributed by atoms with Crippen LogP contribution in [0.5, 0.6) is 0 Å². The minimum Gasteiger partial charge on any atom is -0.383 e. The fraction of sp³-hybridized carbons (Fsp3) is 0.474. The highest BCUT2D eigenvalue weighted by molar-refractivity contribution is 6.31. The zero-order valence-corrected chi connectivity index (χ0v) is 15.8. The van der Waals surface area contributed by atoms with Crippen LogP contribution in [0.1, 0.15) is 26.7 Å². The molecular formula is C19H27ClN4O. The maximum atomic E-state index is 12.1. The fourth-order valence-electron chi connectivity index (χ4n) is 2.84. The smallest absolute Gasteiger partial charge is 0.234 e. The summed E-state index contributed by atoms with van der Waals surface area (Å²) in [5.41, 5.74) is 1.85. The maximum Gasteiger partial charge on any atom is 0.234 e. The fourth-order valence-corrected chi connectivity index (χ4v) is 3.00. The van der Waals surface area contributed by atoms with Crippen molar-refractivity contribution in [3.63, 3.8) is 0 Å². The first-order chi connectivity index (χ1) is 12.1. The Morgan fingerprint density at radius 1 is 1.16 bits per heavy atom. The highest BCUT2D eigenvalue weighted by atomic mass is 35.5. The first kappa shape index (κ1) is 19.5. The Balaban J connectivity index is 1.80. The van der Waals surface area contributed by atoms with Crippen molar-refractivity contribution in [2.45, 2.75) is 26.7 Å². The van der Waals surface area contributed by atoms with Crippen LogP contribution in [-0.4, -0.2) is 48.5 Å². The minimum absolute atomic E-state index is 0.0788. The van der Waals surface area contributed by atoms with Gasteiger partial charge in [0, 0.05) is 35.4 Å². The van der Waals surface area contributed by atoms with Gasteiger partial charge in [0.05, 0.1) is 12.1 Å². The SMILES string of the molecule is CCCN(CCC)CC(=O)NCCNc1ccnc2cc(Cl)ccc12. The van der Waals surface area contributed by atoms with Crippen LogP contribution < -0.4 is 10.6 Å². The first-order valence-electron chi connectivity index (χ1n) is 8.91. The molecule has 1 aromatic heterocycles. The number of hydrogen-bond donors (Lipinski definition) is 2. The molecule has 5 nitrogen and oxygen atoms in total. The number of aromatic nitrogens is 1. The number of pyridine rings is 1. The number of halogens is 1. The van der Waals surface area contributed by atoms with Crippen molar-refractivity contribution in [1.82, 2.24) is 15.2 Å². The number of rotatable bonds is 10. The molecule has 25 heavy (non-hydrogen) atoms. The molecule has 136 valence electrons. The van der Waals surface area contributed by atoms with E-state index in [2.05, 4.69) is 34.4 Å². The molecule has 0 aliphatic carbocycles. The molecule has 0 saturated heterocycles. The molecule has 0 unspecified atom stereocenters. The molecule has 0 atom stereocenters. The third-order valence-corrected chi connectivity index (χ3v) is 4.15. The molecule has 6 heteroatoms. The lowest BCUT2D eigenvalue weighted by atomic mass is 10.2. The van der Waals surface area contributed by atoms with Gasteiger partial charge in [-0.1, -0.05) is 25.4 Å². The molecule has 0 aliphatic heterocycles. The molecule has 2 N–H and O–H groups in total. The minimum atomic E-state index is 0.0788. The van der Waals surface area contributed by atoms with Gasteiger partial charge in [0.1, 0.15) is 0 Å². The quantitative estimate of drug-likeness (QED) is 0.635. The lowest BCUT2D eigenvalue weighted by Gasteiger charge is -2.20. The van der Waals surface area contributed by atoms with E-state index in [-0.39, 0.29) is 5.91 Å². The Morgan fingerprint density at radius 2 is 1.92 bits per heavy atom. The third-order valence-electron chi connectivity index (χ3n) is 3.91. The number of nitrogens with one attached hydrogen (secondary N) is 2. The monoisotopic (exact) mass is 362 g/mol. The second-order valence-electron chi connectivity index (χ2n) is 6.07. The summed E-state index contributed by atoms with van der Waals surface area (Å²) >= 11 is 6.01. The number of amides is 1. The molecule has 0 aliphatic rings. The Hall–Kier alpha value is -1.85. The van der Waals surface area contributed by atoms with Crippen molar-refractivity contribution in [3.05, 3.63) is 35.5 Å². The van der Waals surface area contributed by atoms with Crippen LogP contribution in [0.25, 0.3) is 10.9 Å². The van der Waals surface area contributed by atoms with Gasteiger partial charge in [-0.2, -0.15) is 0 Å².